The smallest absolute Gasteiger partial charge is 0.404 e. The molecule has 0 saturated heterocycles. The SMILES string of the molecule is Cc1cncc(OC(F)(F)F)c1CCl. The first-order chi connectivity index (χ1) is 6.44. The summed E-state index contributed by atoms with van der Waals surface area (Å²) >= 11 is 5.49. The first-order valence-electron chi connectivity index (χ1n) is 3.69. The van der Waals surface area contributed by atoms with E-state index in [0.717, 1.165) is 6.20 Å². The topological polar surface area (TPSA) is 22.1 Å². The quantitative estimate of drug-likeness (QED) is 0.722. The largest absolute Gasteiger partial charge is 0.573 e. The van der Waals surface area contributed by atoms with Gasteiger partial charge < -0.3 is 4.74 Å². The average molecular weight is 226 g/mol. The Kier molecular flexibility index (Phi) is 3.21. The molecule has 0 aromatic carbocycles. The molecule has 0 bridgehead atoms. The molecule has 0 aliphatic rings. The summed E-state index contributed by atoms with van der Waals surface area (Å²) in [5.74, 6) is -0.382. The van der Waals surface area contributed by atoms with Crippen LogP contribution in [0, 0.1) is 6.92 Å². The third-order valence-corrected chi connectivity index (χ3v) is 1.86. The summed E-state index contributed by atoms with van der Waals surface area (Å²) in [4.78, 5) is 3.59. The molecule has 0 amide bonds. The molecular weight excluding hydrogens is 219 g/mol. The van der Waals surface area contributed by atoms with E-state index >= 15 is 0 Å². The molecular formula is C8H7ClF3NO. The van der Waals surface area contributed by atoms with Crippen molar-refractivity contribution in [2.75, 3.05) is 0 Å². The summed E-state index contributed by atoms with van der Waals surface area (Å²) in [5.41, 5.74) is 0.876. The highest BCUT2D eigenvalue weighted by Gasteiger charge is 2.32. The Bertz CT molecular complexity index is 327. The molecule has 0 aliphatic heterocycles. The van der Waals surface area contributed by atoms with Crippen molar-refractivity contribution in [1.29, 1.82) is 0 Å². The lowest BCUT2D eigenvalue weighted by atomic mass is 10.2. The molecule has 0 spiro atoms. The molecule has 1 aromatic heterocycles. The van der Waals surface area contributed by atoms with Gasteiger partial charge in [0.1, 0.15) is 0 Å². The summed E-state index contributed by atoms with van der Waals surface area (Å²) in [7, 11) is 0. The van der Waals surface area contributed by atoms with Gasteiger partial charge in [-0.1, -0.05) is 0 Å². The fraction of sp³-hybridized carbons (Fsp3) is 0.375. The Balaban J connectivity index is 3.02. The van der Waals surface area contributed by atoms with Gasteiger partial charge in [-0.3, -0.25) is 4.98 Å². The number of aromatic nitrogens is 1. The number of ether oxygens (including phenoxy) is 1. The first kappa shape index (κ1) is 11.1. The Hall–Kier alpha value is -0.970. The molecule has 0 fully saturated rings. The van der Waals surface area contributed by atoms with Crippen LogP contribution in [-0.4, -0.2) is 11.3 Å². The second-order valence-electron chi connectivity index (χ2n) is 2.61. The molecule has 0 unspecified atom stereocenters. The zero-order valence-corrected chi connectivity index (χ0v) is 7.99. The van der Waals surface area contributed by atoms with Gasteiger partial charge in [-0.05, 0) is 12.5 Å². The lowest BCUT2D eigenvalue weighted by molar-refractivity contribution is -0.275. The number of hydrogen-bond donors (Lipinski definition) is 0. The van der Waals surface area contributed by atoms with E-state index in [4.69, 9.17) is 11.6 Å². The molecule has 78 valence electrons. The maximum Gasteiger partial charge on any atom is 0.573 e. The highest BCUT2D eigenvalue weighted by Crippen LogP contribution is 2.28. The van der Waals surface area contributed by atoms with Crippen molar-refractivity contribution < 1.29 is 17.9 Å². The fourth-order valence-electron chi connectivity index (χ4n) is 0.951. The minimum atomic E-state index is -4.71. The number of halogens is 4. The number of nitrogens with zero attached hydrogens (tertiary/aromatic N) is 1. The van der Waals surface area contributed by atoms with Gasteiger partial charge in [-0.25, -0.2) is 0 Å². The monoisotopic (exact) mass is 225 g/mol. The summed E-state index contributed by atoms with van der Waals surface area (Å²) in [6.07, 6.45) is -2.28. The highest BCUT2D eigenvalue weighted by molar-refractivity contribution is 6.17. The summed E-state index contributed by atoms with van der Waals surface area (Å²) < 4.78 is 39.4. The van der Waals surface area contributed by atoms with Crippen molar-refractivity contribution >= 4 is 11.6 Å². The maximum absolute atomic E-state index is 11.9. The van der Waals surface area contributed by atoms with Crippen molar-refractivity contribution in [1.82, 2.24) is 4.98 Å². The van der Waals surface area contributed by atoms with Gasteiger partial charge in [0, 0.05) is 11.8 Å². The number of hydrogen-bond acceptors (Lipinski definition) is 2. The van der Waals surface area contributed by atoms with Gasteiger partial charge in [0.25, 0.3) is 0 Å². The van der Waals surface area contributed by atoms with E-state index in [0.29, 0.717) is 11.1 Å². The van der Waals surface area contributed by atoms with E-state index in [2.05, 4.69) is 9.72 Å². The van der Waals surface area contributed by atoms with Crippen LogP contribution in [0.15, 0.2) is 12.4 Å². The fourth-order valence-corrected chi connectivity index (χ4v) is 1.29. The Morgan fingerprint density at radius 3 is 2.57 bits per heavy atom. The number of pyridine rings is 1. The van der Waals surface area contributed by atoms with E-state index in [9.17, 15) is 13.2 Å². The summed E-state index contributed by atoms with van der Waals surface area (Å²) in [6.45, 7) is 1.62. The van der Waals surface area contributed by atoms with E-state index < -0.39 is 6.36 Å². The minimum Gasteiger partial charge on any atom is -0.404 e. The third-order valence-electron chi connectivity index (χ3n) is 1.59. The van der Waals surface area contributed by atoms with E-state index in [-0.39, 0.29) is 11.6 Å². The van der Waals surface area contributed by atoms with Crippen molar-refractivity contribution in [2.45, 2.75) is 19.2 Å². The van der Waals surface area contributed by atoms with Gasteiger partial charge in [0.2, 0.25) is 0 Å². The number of alkyl halides is 4. The lowest BCUT2D eigenvalue weighted by Gasteiger charge is -2.12. The van der Waals surface area contributed by atoms with E-state index in [1.165, 1.54) is 6.20 Å². The van der Waals surface area contributed by atoms with Crippen LogP contribution >= 0.6 is 11.6 Å². The van der Waals surface area contributed by atoms with Gasteiger partial charge in [-0.15, -0.1) is 24.8 Å². The molecule has 0 N–H and O–H groups in total. The zero-order chi connectivity index (χ0) is 10.8. The standard InChI is InChI=1S/C8H7ClF3NO/c1-5-3-13-4-7(6(5)2-9)14-8(10,11)12/h3-4H,2H2,1H3. The zero-order valence-electron chi connectivity index (χ0n) is 7.23. The summed E-state index contributed by atoms with van der Waals surface area (Å²) in [5, 5.41) is 0. The number of rotatable bonds is 2. The van der Waals surface area contributed by atoms with Gasteiger partial charge in [-0.2, -0.15) is 0 Å². The summed E-state index contributed by atoms with van der Waals surface area (Å²) in [6, 6.07) is 0. The lowest BCUT2D eigenvalue weighted by Crippen LogP contribution is -2.18. The van der Waals surface area contributed by atoms with Crippen LogP contribution in [0.4, 0.5) is 13.2 Å². The van der Waals surface area contributed by atoms with Crippen LogP contribution in [0.1, 0.15) is 11.1 Å². The van der Waals surface area contributed by atoms with Gasteiger partial charge >= 0.3 is 6.36 Å². The van der Waals surface area contributed by atoms with Gasteiger partial charge in [0.15, 0.2) is 5.75 Å². The molecule has 14 heavy (non-hydrogen) atoms. The van der Waals surface area contributed by atoms with Crippen molar-refractivity contribution in [3.63, 3.8) is 0 Å². The van der Waals surface area contributed by atoms with Crippen molar-refractivity contribution in [3.8, 4) is 5.75 Å². The van der Waals surface area contributed by atoms with Crippen LogP contribution < -0.4 is 4.74 Å². The van der Waals surface area contributed by atoms with E-state index in [1.54, 1.807) is 6.92 Å². The molecule has 0 atom stereocenters. The number of aryl methyl sites for hydroxylation is 1. The highest BCUT2D eigenvalue weighted by atomic mass is 35.5. The van der Waals surface area contributed by atoms with Crippen LogP contribution in [0.25, 0.3) is 0 Å². The molecule has 1 heterocycles. The Morgan fingerprint density at radius 1 is 1.43 bits per heavy atom. The second kappa shape index (κ2) is 4.04. The van der Waals surface area contributed by atoms with Gasteiger partial charge in [0.05, 0.1) is 12.1 Å². The predicted octanol–water partition coefficient (Wildman–Crippen LogP) is 3.03. The Labute approximate surface area is 83.7 Å². The molecule has 0 saturated carbocycles. The average Bonchev–Trinajstić information content (AvgIpc) is 2.01. The molecule has 1 aromatic rings. The van der Waals surface area contributed by atoms with Crippen LogP contribution in [-0.2, 0) is 5.88 Å². The molecule has 0 radical (unpaired) electrons. The predicted molar refractivity (Wildman–Crippen MR) is 45.2 cm³/mol. The van der Waals surface area contributed by atoms with Crippen molar-refractivity contribution in [2.24, 2.45) is 0 Å². The third kappa shape index (κ3) is 2.77. The van der Waals surface area contributed by atoms with Crippen LogP contribution in [0.5, 0.6) is 5.75 Å². The maximum atomic E-state index is 11.9. The van der Waals surface area contributed by atoms with Crippen LogP contribution in [0.3, 0.4) is 0 Å². The Morgan fingerprint density at radius 2 is 2.07 bits per heavy atom. The molecule has 6 heteroatoms. The second-order valence-corrected chi connectivity index (χ2v) is 2.88. The first-order valence-corrected chi connectivity index (χ1v) is 4.22. The van der Waals surface area contributed by atoms with E-state index in [1.807, 2.05) is 0 Å². The van der Waals surface area contributed by atoms with Crippen molar-refractivity contribution in [3.05, 3.63) is 23.5 Å². The minimum absolute atomic E-state index is 0.0419. The molecule has 0 aliphatic carbocycles. The molecule has 1 rings (SSSR count). The normalized spacial score (nSPS) is 11.5. The molecule has 2 nitrogen and oxygen atoms in total. The van der Waals surface area contributed by atoms with Crippen LogP contribution in [0.2, 0.25) is 0 Å².